The lowest BCUT2D eigenvalue weighted by Gasteiger charge is -2.17. The minimum atomic E-state index is -0.939. The molecule has 150 valence electrons. The molecule has 0 amide bonds. The highest BCUT2D eigenvalue weighted by Gasteiger charge is 2.45. The van der Waals surface area contributed by atoms with Crippen molar-refractivity contribution in [2.24, 2.45) is 0 Å². The van der Waals surface area contributed by atoms with Gasteiger partial charge in [-0.25, -0.2) is 0 Å². The molecular weight excluding hydrogens is 376 g/mol. The lowest BCUT2D eigenvalue weighted by Crippen LogP contribution is -2.27. The predicted octanol–water partition coefficient (Wildman–Crippen LogP) is 5.42. The standard InChI is InChI=1S/C23H27ClO4/c1-12-7-6-8-13(2)21-17(22(27)23(4,5)28-21)11-16-14(3)18(24)20(26)15(10-9-12)19(16)25/h8-9,11,21,25-26H,6-7,10H2,1-5H3/t21-/m1/s1. The first-order valence-electron chi connectivity index (χ1n) is 9.54. The largest absolute Gasteiger partial charge is 0.507 e. The maximum Gasteiger partial charge on any atom is 0.193 e. The maximum absolute atomic E-state index is 13.0. The molecule has 1 aromatic rings. The predicted molar refractivity (Wildman–Crippen MR) is 112 cm³/mol. The van der Waals surface area contributed by atoms with Crippen molar-refractivity contribution in [1.29, 1.82) is 0 Å². The van der Waals surface area contributed by atoms with Crippen molar-refractivity contribution in [1.82, 2.24) is 0 Å². The summed E-state index contributed by atoms with van der Waals surface area (Å²) in [6.07, 6.45) is 7.33. The van der Waals surface area contributed by atoms with E-state index in [-0.39, 0.29) is 22.3 Å². The zero-order valence-corrected chi connectivity index (χ0v) is 17.8. The molecule has 4 nitrogen and oxygen atoms in total. The fourth-order valence-electron chi connectivity index (χ4n) is 3.78. The van der Waals surface area contributed by atoms with Crippen molar-refractivity contribution in [3.63, 3.8) is 0 Å². The van der Waals surface area contributed by atoms with E-state index in [4.69, 9.17) is 16.3 Å². The second kappa shape index (κ2) is 7.41. The van der Waals surface area contributed by atoms with Gasteiger partial charge in [-0.3, -0.25) is 4.79 Å². The van der Waals surface area contributed by atoms with Gasteiger partial charge in [0.1, 0.15) is 23.2 Å². The minimum Gasteiger partial charge on any atom is -0.507 e. The quantitative estimate of drug-likeness (QED) is 0.568. The second-order valence-corrected chi connectivity index (χ2v) is 8.58. The average molecular weight is 403 g/mol. The summed E-state index contributed by atoms with van der Waals surface area (Å²) in [5.41, 5.74) is 3.02. The molecule has 28 heavy (non-hydrogen) atoms. The van der Waals surface area contributed by atoms with Crippen LogP contribution in [-0.4, -0.2) is 27.7 Å². The molecule has 1 aliphatic heterocycles. The summed E-state index contributed by atoms with van der Waals surface area (Å²) in [7, 11) is 0. The molecule has 1 aromatic carbocycles. The third-order valence-electron chi connectivity index (χ3n) is 5.64. The summed E-state index contributed by atoms with van der Waals surface area (Å²) >= 11 is 6.36. The zero-order valence-electron chi connectivity index (χ0n) is 17.0. The highest BCUT2D eigenvalue weighted by atomic mass is 35.5. The summed E-state index contributed by atoms with van der Waals surface area (Å²) in [5, 5.41) is 21.6. The Balaban J connectivity index is 2.31. The summed E-state index contributed by atoms with van der Waals surface area (Å²) < 4.78 is 6.08. The van der Waals surface area contributed by atoms with E-state index in [1.54, 1.807) is 26.8 Å². The molecule has 0 aromatic heterocycles. The van der Waals surface area contributed by atoms with Crippen molar-refractivity contribution in [2.75, 3.05) is 0 Å². The molecular formula is C23H27ClO4. The molecule has 0 radical (unpaired) electrons. The van der Waals surface area contributed by atoms with Crippen LogP contribution >= 0.6 is 11.6 Å². The Morgan fingerprint density at radius 3 is 2.50 bits per heavy atom. The molecule has 1 atom stereocenters. The molecule has 5 heteroatoms. The normalized spacial score (nSPS) is 22.3. The first kappa shape index (κ1) is 20.7. The molecule has 1 heterocycles. The Bertz CT molecular complexity index is 935. The van der Waals surface area contributed by atoms with Crippen LogP contribution in [0.15, 0.2) is 28.9 Å². The van der Waals surface area contributed by atoms with Crippen molar-refractivity contribution >= 4 is 23.5 Å². The molecule has 2 aliphatic rings. The number of allylic oxidation sites excluding steroid dienone is 3. The number of ketones is 1. The minimum absolute atomic E-state index is 0.0481. The topological polar surface area (TPSA) is 66.8 Å². The van der Waals surface area contributed by atoms with Crippen molar-refractivity contribution < 1.29 is 19.7 Å². The number of carbonyl (C=O) groups is 1. The number of carbonyl (C=O) groups excluding carboxylic acids is 1. The highest BCUT2D eigenvalue weighted by molar-refractivity contribution is 6.33. The van der Waals surface area contributed by atoms with Gasteiger partial charge in [0.15, 0.2) is 5.78 Å². The third-order valence-corrected chi connectivity index (χ3v) is 6.11. The molecule has 0 spiro atoms. The van der Waals surface area contributed by atoms with E-state index < -0.39 is 11.7 Å². The van der Waals surface area contributed by atoms with Gasteiger partial charge in [-0.05, 0) is 71.1 Å². The molecule has 0 unspecified atom stereocenters. The van der Waals surface area contributed by atoms with E-state index in [0.717, 1.165) is 24.0 Å². The number of benzene rings is 1. The van der Waals surface area contributed by atoms with Crippen LogP contribution in [0.25, 0.3) is 6.08 Å². The second-order valence-electron chi connectivity index (χ2n) is 8.21. The molecule has 0 saturated carbocycles. The van der Waals surface area contributed by atoms with Crippen LogP contribution in [0.1, 0.15) is 57.2 Å². The van der Waals surface area contributed by atoms with E-state index in [2.05, 4.69) is 6.08 Å². The number of halogens is 1. The van der Waals surface area contributed by atoms with Crippen molar-refractivity contribution in [3.05, 3.63) is 50.6 Å². The Kier molecular flexibility index (Phi) is 5.48. The molecule has 1 fully saturated rings. The number of hydrogen-bond acceptors (Lipinski definition) is 4. The van der Waals surface area contributed by atoms with Gasteiger partial charge in [0.05, 0.1) is 5.02 Å². The van der Waals surface area contributed by atoms with E-state index in [0.29, 0.717) is 28.7 Å². The van der Waals surface area contributed by atoms with Crippen LogP contribution in [0.2, 0.25) is 5.02 Å². The molecule has 2 bridgehead atoms. The van der Waals surface area contributed by atoms with Gasteiger partial charge in [0.2, 0.25) is 0 Å². The fourth-order valence-corrected chi connectivity index (χ4v) is 3.99. The lowest BCUT2D eigenvalue weighted by molar-refractivity contribution is -0.128. The van der Waals surface area contributed by atoms with Crippen molar-refractivity contribution in [3.8, 4) is 11.5 Å². The Labute approximate surface area is 171 Å². The monoisotopic (exact) mass is 402 g/mol. The van der Waals surface area contributed by atoms with Gasteiger partial charge >= 0.3 is 0 Å². The van der Waals surface area contributed by atoms with Crippen LogP contribution < -0.4 is 0 Å². The SMILES string of the molecule is CC1=CCc2c(O)c(Cl)c(C)c(c2O)C=C2C(=O)C(C)(C)O[C@@H]2C(C)=CCC1. The number of aromatic hydroxyl groups is 2. The van der Waals surface area contributed by atoms with Gasteiger partial charge in [-0.1, -0.05) is 29.3 Å². The summed E-state index contributed by atoms with van der Waals surface area (Å²) in [5.74, 6) is -0.273. The van der Waals surface area contributed by atoms with Crippen molar-refractivity contribution in [2.45, 2.75) is 65.6 Å². The number of Topliss-reactive ketones (excluding diaryl/α,β-unsaturated/α-hetero) is 1. The maximum atomic E-state index is 13.0. The lowest BCUT2D eigenvalue weighted by atomic mass is 9.91. The summed E-state index contributed by atoms with van der Waals surface area (Å²) in [4.78, 5) is 13.0. The number of phenolic OH excluding ortho intramolecular Hbond substituents is 2. The Morgan fingerprint density at radius 2 is 1.82 bits per heavy atom. The summed E-state index contributed by atoms with van der Waals surface area (Å²) in [6, 6.07) is 0. The van der Waals surface area contributed by atoms with E-state index >= 15 is 0 Å². The number of fused-ring (bicyclic) bond motifs is 3. The third kappa shape index (κ3) is 3.51. The van der Waals surface area contributed by atoms with E-state index in [9.17, 15) is 15.0 Å². The van der Waals surface area contributed by atoms with Gasteiger partial charge in [-0.15, -0.1) is 0 Å². The summed E-state index contributed by atoms with van der Waals surface area (Å²) in [6.45, 7) is 9.23. The number of phenols is 2. The van der Waals surface area contributed by atoms with E-state index in [1.165, 1.54) is 0 Å². The first-order valence-corrected chi connectivity index (χ1v) is 9.91. The van der Waals surface area contributed by atoms with Crippen LogP contribution in [0, 0.1) is 6.92 Å². The fraction of sp³-hybridized carbons (Fsp3) is 0.435. The Morgan fingerprint density at radius 1 is 1.14 bits per heavy atom. The number of ether oxygens (including phenoxy) is 1. The molecule has 3 rings (SSSR count). The van der Waals surface area contributed by atoms with Gasteiger partial charge < -0.3 is 14.9 Å². The zero-order chi connectivity index (χ0) is 20.8. The smallest absolute Gasteiger partial charge is 0.193 e. The molecule has 1 saturated heterocycles. The van der Waals surface area contributed by atoms with Crippen LogP contribution in [0.4, 0.5) is 0 Å². The van der Waals surface area contributed by atoms with E-state index in [1.807, 2.05) is 19.9 Å². The van der Waals surface area contributed by atoms with Gasteiger partial charge in [-0.2, -0.15) is 0 Å². The number of hydrogen-bond donors (Lipinski definition) is 2. The molecule has 1 aliphatic carbocycles. The molecule has 2 N–H and O–H groups in total. The van der Waals surface area contributed by atoms with Crippen LogP contribution in [-0.2, 0) is 16.0 Å². The van der Waals surface area contributed by atoms with Gasteiger partial charge in [0, 0.05) is 16.7 Å². The highest BCUT2D eigenvalue weighted by Crippen LogP contribution is 2.44. The Hall–Kier alpha value is -2.04. The van der Waals surface area contributed by atoms with Gasteiger partial charge in [0.25, 0.3) is 0 Å². The average Bonchev–Trinajstić information content (AvgIpc) is 2.86. The van der Waals surface area contributed by atoms with Crippen LogP contribution in [0.5, 0.6) is 11.5 Å². The number of rotatable bonds is 0. The van der Waals surface area contributed by atoms with Crippen LogP contribution in [0.3, 0.4) is 0 Å². The first-order chi connectivity index (χ1) is 13.0.